The molecule has 2 N–H and O–H groups in total. The quantitative estimate of drug-likeness (QED) is 0.611. The van der Waals surface area contributed by atoms with Crippen LogP contribution in [0, 0.1) is 6.92 Å². The van der Waals surface area contributed by atoms with Crippen LogP contribution in [-0.4, -0.2) is 64.0 Å². The third kappa shape index (κ3) is 5.35. The molecule has 3 aromatic rings. The first kappa shape index (κ1) is 21.3. The number of aromatic nitrogens is 4. The fraction of sp³-hybridized carbons (Fsp3) is 0.450. The summed E-state index contributed by atoms with van der Waals surface area (Å²) in [6, 6.07) is 8.50. The molecule has 156 valence electrons. The highest BCUT2D eigenvalue weighted by atomic mass is 35.5. The summed E-state index contributed by atoms with van der Waals surface area (Å²) in [5.74, 6) is 1.42. The number of ether oxygens (including phenoxy) is 1. The van der Waals surface area contributed by atoms with Crippen molar-refractivity contribution in [1.29, 1.82) is 0 Å². The second-order valence-electron chi connectivity index (χ2n) is 7.12. The second kappa shape index (κ2) is 9.87. The monoisotopic (exact) mass is 417 g/mol. The van der Waals surface area contributed by atoms with Crippen LogP contribution >= 0.6 is 12.4 Å². The highest BCUT2D eigenvalue weighted by Crippen LogP contribution is 2.22. The smallest absolute Gasteiger partial charge is 0.226 e. The normalized spacial score (nSPS) is 14.6. The van der Waals surface area contributed by atoms with E-state index in [-0.39, 0.29) is 12.4 Å². The summed E-state index contributed by atoms with van der Waals surface area (Å²) in [6.45, 7) is 8.11. The van der Waals surface area contributed by atoms with Crippen molar-refractivity contribution >= 4 is 35.2 Å². The molecule has 0 unspecified atom stereocenters. The van der Waals surface area contributed by atoms with Crippen LogP contribution in [-0.2, 0) is 18.3 Å². The van der Waals surface area contributed by atoms with E-state index in [1.165, 1.54) is 11.1 Å². The van der Waals surface area contributed by atoms with Gasteiger partial charge in [0.05, 0.1) is 24.8 Å². The molecule has 0 saturated carbocycles. The molecule has 2 aromatic heterocycles. The van der Waals surface area contributed by atoms with Gasteiger partial charge in [-0.3, -0.25) is 9.58 Å². The SMILES string of the molecule is Cc1ccc(CNc2nc(NCCN3CCOCC3)nc3c2cnn3C)cc1.Cl. The highest BCUT2D eigenvalue weighted by Gasteiger charge is 2.13. The van der Waals surface area contributed by atoms with Crippen molar-refractivity contribution in [2.24, 2.45) is 7.05 Å². The minimum Gasteiger partial charge on any atom is -0.379 e. The van der Waals surface area contributed by atoms with Gasteiger partial charge in [-0.1, -0.05) is 29.8 Å². The van der Waals surface area contributed by atoms with Crippen molar-refractivity contribution < 1.29 is 4.74 Å². The molecule has 9 heteroatoms. The van der Waals surface area contributed by atoms with Crippen molar-refractivity contribution in [3.05, 3.63) is 41.6 Å². The van der Waals surface area contributed by atoms with Gasteiger partial charge in [-0.15, -0.1) is 12.4 Å². The number of benzene rings is 1. The van der Waals surface area contributed by atoms with Gasteiger partial charge >= 0.3 is 0 Å². The molecular formula is C20H28ClN7O. The summed E-state index contributed by atoms with van der Waals surface area (Å²) in [7, 11) is 1.90. The summed E-state index contributed by atoms with van der Waals surface area (Å²) >= 11 is 0. The summed E-state index contributed by atoms with van der Waals surface area (Å²) in [6.07, 6.45) is 1.81. The summed E-state index contributed by atoms with van der Waals surface area (Å²) in [4.78, 5) is 11.7. The Morgan fingerprint density at radius 1 is 1.07 bits per heavy atom. The van der Waals surface area contributed by atoms with E-state index in [2.05, 4.69) is 56.8 Å². The fourth-order valence-corrected chi connectivity index (χ4v) is 3.28. The molecule has 0 amide bonds. The number of hydrogen-bond acceptors (Lipinski definition) is 7. The van der Waals surface area contributed by atoms with Gasteiger partial charge in [-0.05, 0) is 12.5 Å². The molecule has 0 spiro atoms. The zero-order chi connectivity index (χ0) is 19.3. The first-order valence-corrected chi connectivity index (χ1v) is 9.72. The first-order chi connectivity index (χ1) is 13.7. The molecular weight excluding hydrogens is 390 g/mol. The molecule has 8 nitrogen and oxygen atoms in total. The van der Waals surface area contributed by atoms with E-state index >= 15 is 0 Å². The Labute approximate surface area is 177 Å². The maximum atomic E-state index is 5.40. The molecule has 0 aliphatic carbocycles. The van der Waals surface area contributed by atoms with E-state index in [0.29, 0.717) is 12.5 Å². The highest BCUT2D eigenvalue weighted by molar-refractivity contribution is 5.87. The van der Waals surface area contributed by atoms with Gasteiger partial charge in [-0.2, -0.15) is 15.1 Å². The topological polar surface area (TPSA) is 80.1 Å². The van der Waals surface area contributed by atoms with E-state index in [4.69, 9.17) is 9.72 Å². The number of morpholine rings is 1. The van der Waals surface area contributed by atoms with Crippen LogP contribution in [0.5, 0.6) is 0 Å². The Kier molecular flexibility index (Phi) is 7.24. The average molecular weight is 418 g/mol. The van der Waals surface area contributed by atoms with E-state index in [9.17, 15) is 0 Å². The molecule has 1 saturated heterocycles. The lowest BCUT2D eigenvalue weighted by Gasteiger charge is -2.26. The van der Waals surface area contributed by atoms with E-state index in [0.717, 1.165) is 56.2 Å². The van der Waals surface area contributed by atoms with Crippen molar-refractivity contribution in [2.75, 3.05) is 50.0 Å². The number of anilines is 2. The Morgan fingerprint density at radius 2 is 1.83 bits per heavy atom. The molecule has 1 aliphatic rings. The van der Waals surface area contributed by atoms with E-state index < -0.39 is 0 Å². The Morgan fingerprint density at radius 3 is 2.59 bits per heavy atom. The number of rotatable bonds is 7. The lowest BCUT2D eigenvalue weighted by molar-refractivity contribution is 0.0398. The van der Waals surface area contributed by atoms with Gasteiger partial charge in [0.25, 0.3) is 0 Å². The standard InChI is InChI=1S/C20H27N7O.ClH/c1-15-3-5-16(6-4-15)13-22-18-17-14-23-26(2)19(17)25-20(24-18)21-7-8-27-9-11-28-12-10-27;/h3-6,14H,7-13H2,1-2H3,(H2,21,22,24,25);1H. The van der Waals surface area contributed by atoms with Gasteiger partial charge in [0.2, 0.25) is 5.95 Å². The van der Waals surface area contributed by atoms with E-state index in [1.807, 2.05) is 13.2 Å². The summed E-state index contributed by atoms with van der Waals surface area (Å²) < 4.78 is 7.18. The number of nitrogens with zero attached hydrogens (tertiary/aromatic N) is 5. The first-order valence-electron chi connectivity index (χ1n) is 9.72. The van der Waals surface area contributed by atoms with Crippen LogP contribution in [0.3, 0.4) is 0 Å². The van der Waals surface area contributed by atoms with E-state index in [1.54, 1.807) is 4.68 Å². The number of nitrogens with one attached hydrogen (secondary N) is 2. The maximum absolute atomic E-state index is 5.40. The molecule has 0 atom stereocenters. The third-order valence-electron chi connectivity index (χ3n) is 4.99. The van der Waals surface area contributed by atoms with Gasteiger partial charge < -0.3 is 15.4 Å². The summed E-state index contributed by atoms with van der Waals surface area (Å²) in [5.41, 5.74) is 3.28. The van der Waals surface area contributed by atoms with Crippen LogP contribution in [0.2, 0.25) is 0 Å². The fourth-order valence-electron chi connectivity index (χ4n) is 3.28. The van der Waals surface area contributed by atoms with Crippen molar-refractivity contribution in [3.8, 4) is 0 Å². The predicted octanol–water partition coefficient (Wildman–Crippen LogP) is 2.45. The Hall–Kier alpha value is -2.42. The van der Waals surface area contributed by atoms with Crippen LogP contribution in [0.15, 0.2) is 30.5 Å². The lowest BCUT2D eigenvalue weighted by atomic mass is 10.1. The second-order valence-corrected chi connectivity index (χ2v) is 7.12. The van der Waals surface area contributed by atoms with Gasteiger partial charge in [-0.25, -0.2) is 0 Å². The molecule has 1 aliphatic heterocycles. The molecule has 1 fully saturated rings. The van der Waals surface area contributed by atoms with Crippen LogP contribution in [0.1, 0.15) is 11.1 Å². The van der Waals surface area contributed by atoms with Gasteiger partial charge in [0, 0.05) is 39.8 Å². The minimum absolute atomic E-state index is 0. The van der Waals surface area contributed by atoms with Crippen LogP contribution in [0.4, 0.5) is 11.8 Å². The Balaban J connectivity index is 0.00000240. The zero-order valence-electron chi connectivity index (χ0n) is 16.9. The average Bonchev–Trinajstić information content (AvgIpc) is 3.09. The predicted molar refractivity (Wildman–Crippen MR) is 118 cm³/mol. The minimum atomic E-state index is 0. The van der Waals surface area contributed by atoms with Crippen LogP contribution in [0.25, 0.3) is 11.0 Å². The van der Waals surface area contributed by atoms with Crippen LogP contribution < -0.4 is 10.6 Å². The molecule has 29 heavy (non-hydrogen) atoms. The third-order valence-corrected chi connectivity index (χ3v) is 4.99. The number of halogens is 1. The molecule has 0 bridgehead atoms. The number of aryl methyl sites for hydroxylation is 2. The zero-order valence-corrected chi connectivity index (χ0v) is 17.7. The van der Waals surface area contributed by atoms with Crippen molar-refractivity contribution in [1.82, 2.24) is 24.6 Å². The largest absolute Gasteiger partial charge is 0.379 e. The molecule has 1 aromatic carbocycles. The van der Waals surface area contributed by atoms with Crippen molar-refractivity contribution in [2.45, 2.75) is 13.5 Å². The summed E-state index contributed by atoms with van der Waals surface area (Å²) in [5, 5.41) is 12.1. The molecule has 0 radical (unpaired) electrons. The Bertz CT molecular complexity index is 922. The van der Waals surface area contributed by atoms with Gasteiger partial charge in [0.15, 0.2) is 5.65 Å². The molecule has 3 heterocycles. The number of hydrogen-bond donors (Lipinski definition) is 2. The maximum Gasteiger partial charge on any atom is 0.226 e. The lowest BCUT2D eigenvalue weighted by Crippen LogP contribution is -2.39. The van der Waals surface area contributed by atoms with Gasteiger partial charge in [0.1, 0.15) is 5.82 Å². The van der Waals surface area contributed by atoms with Crippen molar-refractivity contribution in [3.63, 3.8) is 0 Å². The molecule has 4 rings (SSSR count). The number of fused-ring (bicyclic) bond motifs is 1.